The normalized spacial score (nSPS) is 10.2. The van der Waals surface area contributed by atoms with Gasteiger partial charge in [0.25, 0.3) is 0 Å². The minimum atomic E-state index is -0.194. The molecule has 0 radical (unpaired) electrons. The van der Waals surface area contributed by atoms with Crippen LogP contribution in [0.5, 0.6) is 5.75 Å². The molecule has 0 amide bonds. The standard InChI is InChI=1S/C12H16N2O2/c1-3-9(4-2)12(15)16-11-7-5-10(14-13)6-8-11/h5-9,13H,3-4H2,1-2H3. The van der Waals surface area contributed by atoms with Crippen LogP contribution in [0, 0.1) is 11.4 Å². The minimum Gasteiger partial charge on any atom is -0.426 e. The smallest absolute Gasteiger partial charge is 0.314 e. The van der Waals surface area contributed by atoms with Crippen LogP contribution in [0.1, 0.15) is 26.7 Å². The van der Waals surface area contributed by atoms with E-state index in [0.717, 1.165) is 12.8 Å². The Morgan fingerprint density at radius 2 is 1.88 bits per heavy atom. The SMILES string of the molecule is CCC(CC)C(=O)Oc1ccc(N=N)cc1. The second-order valence-corrected chi connectivity index (χ2v) is 3.54. The van der Waals surface area contributed by atoms with Crippen molar-refractivity contribution in [1.29, 1.82) is 5.53 Å². The van der Waals surface area contributed by atoms with Gasteiger partial charge in [-0.3, -0.25) is 4.79 Å². The molecule has 4 heteroatoms. The van der Waals surface area contributed by atoms with Crippen molar-refractivity contribution in [1.82, 2.24) is 0 Å². The molecule has 0 aliphatic rings. The average Bonchev–Trinajstić information content (AvgIpc) is 2.31. The highest BCUT2D eigenvalue weighted by atomic mass is 16.5. The maximum Gasteiger partial charge on any atom is 0.314 e. The predicted octanol–water partition coefficient (Wildman–Crippen LogP) is 3.69. The fourth-order valence-electron chi connectivity index (χ4n) is 1.41. The summed E-state index contributed by atoms with van der Waals surface area (Å²) in [5.74, 6) is 0.269. The predicted molar refractivity (Wildman–Crippen MR) is 61.0 cm³/mol. The first-order valence-electron chi connectivity index (χ1n) is 5.40. The van der Waals surface area contributed by atoms with Gasteiger partial charge in [-0.15, -0.1) is 0 Å². The Kier molecular flexibility index (Phi) is 4.64. The van der Waals surface area contributed by atoms with E-state index in [4.69, 9.17) is 10.3 Å². The topological polar surface area (TPSA) is 62.5 Å². The van der Waals surface area contributed by atoms with E-state index in [0.29, 0.717) is 11.4 Å². The van der Waals surface area contributed by atoms with Gasteiger partial charge in [0.05, 0.1) is 11.6 Å². The summed E-state index contributed by atoms with van der Waals surface area (Å²) in [6.45, 7) is 3.94. The summed E-state index contributed by atoms with van der Waals surface area (Å²) < 4.78 is 5.22. The number of benzene rings is 1. The van der Waals surface area contributed by atoms with Gasteiger partial charge in [0, 0.05) is 0 Å². The molecular weight excluding hydrogens is 204 g/mol. The van der Waals surface area contributed by atoms with Gasteiger partial charge in [-0.1, -0.05) is 13.8 Å². The van der Waals surface area contributed by atoms with Crippen molar-refractivity contribution in [2.75, 3.05) is 0 Å². The van der Waals surface area contributed by atoms with Crippen molar-refractivity contribution in [2.45, 2.75) is 26.7 Å². The van der Waals surface area contributed by atoms with Crippen molar-refractivity contribution >= 4 is 11.7 Å². The van der Waals surface area contributed by atoms with Gasteiger partial charge in [0.15, 0.2) is 0 Å². The summed E-state index contributed by atoms with van der Waals surface area (Å²) in [4.78, 5) is 11.6. The summed E-state index contributed by atoms with van der Waals surface area (Å²) in [5.41, 5.74) is 7.34. The van der Waals surface area contributed by atoms with E-state index < -0.39 is 0 Å². The molecule has 0 unspecified atom stereocenters. The zero-order chi connectivity index (χ0) is 12.0. The summed E-state index contributed by atoms with van der Waals surface area (Å²) in [7, 11) is 0. The number of ether oxygens (including phenoxy) is 1. The van der Waals surface area contributed by atoms with Crippen LogP contribution in [0.3, 0.4) is 0 Å². The van der Waals surface area contributed by atoms with E-state index in [1.807, 2.05) is 13.8 Å². The molecule has 86 valence electrons. The molecule has 0 atom stereocenters. The second-order valence-electron chi connectivity index (χ2n) is 3.54. The van der Waals surface area contributed by atoms with Crippen LogP contribution in [0.15, 0.2) is 29.4 Å². The number of nitrogens with zero attached hydrogens (tertiary/aromatic N) is 1. The summed E-state index contributed by atoms with van der Waals surface area (Å²) in [5, 5.41) is 3.27. The first kappa shape index (κ1) is 12.4. The molecule has 16 heavy (non-hydrogen) atoms. The lowest BCUT2D eigenvalue weighted by Crippen LogP contribution is -2.19. The largest absolute Gasteiger partial charge is 0.426 e. The Morgan fingerprint density at radius 1 is 1.31 bits per heavy atom. The number of hydrogen-bond acceptors (Lipinski definition) is 4. The van der Waals surface area contributed by atoms with Crippen LogP contribution in [-0.2, 0) is 4.79 Å². The molecular formula is C12H16N2O2. The quantitative estimate of drug-likeness (QED) is 0.467. The van der Waals surface area contributed by atoms with Crippen LogP contribution in [0.25, 0.3) is 0 Å². The number of nitrogens with one attached hydrogen (secondary N) is 1. The minimum absolute atomic E-state index is 0.0412. The number of rotatable bonds is 5. The van der Waals surface area contributed by atoms with Gasteiger partial charge >= 0.3 is 5.97 Å². The fraction of sp³-hybridized carbons (Fsp3) is 0.417. The van der Waals surface area contributed by atoms with Crippen LogP contribution in [0.4, 0.5) is 5.69 Å². The third-order valence-electron chi connectivity index (χ3n) is 2.50. The highest BCUT2D eigenvalue weighted by molar-refractivity contribution is 5.75. The molecule has 0 heterocycles. The van der Waals surface area contributed by atoms with E-state index in [9.17, 15) is 4.79 Å². The second kappa shape index (κ2) is 6.00. The Balaban J connectivity index is 2.65. The first-order chi connectivity index (χ1) is 7.71. The van der Waals surface area contributed by atoms with Gasteiger partial charge in [-0.2, -0.15) is 5.11 Å². The molecule has 0 bridgehead atoms. The molecule has 0 saturated heterocycles. The maximum atomic E-state index is 11.6. The lowest BCUT2D eigenvalue weighted by molar-refractivity contribution is -0.139. The zero-order valence-corrected chi connectivity index (χ0v) is 9.56. The molecule has 1 aromatic rings. The van der Waals surface area contributed by atoms with E-state index in [-0.39, 0.29) is 11.9 Å². The van der Waals surface area contributed by atoms with Crippen molar-refractivity contribution in [3.05, 3.63) is 24.3 Å². The molecule has 4 nitrogen and oxygen atoms in total. The third-order valence-corrected chi connectivity index (χ3v) is 2.50. The molecule has 1 aromatic carbocycles. The van der Waals surface area contributed by atoms with Crippen molar-refractivity contribution in [3.8, 4) is 5.75 Å². The van der Waals surface area contributed by atoms with E-state index in [1.54, 1.807) is 24.3 Å². The number of carbonyl (C=O) groups excluding carboxylic acids is 1. The molecule has 0 spiro atoms. The number of carbonyl (C=O) groups is 1. The van der Waals surface area contributed by atoms with Gasteiger partial charge in [-0.25, -0.2) is 5.53 Å². The van der Waals surface area contributed by atoms with Crippen molar-refractivity contribution < 1.29 is 9.53 Å². The fourth-order valence-corrected chi connectivity index (χ4v) is 1.41. The highest BCUT2D eigenvalue weighted by Gasteiger charge is 2.16. The van der Waals surface area contributed by atoms with Gasteiger partial charge < -0.3 is 4.74 Å². The van der Waals surface area contributed by atoms with E-state index >= 15 is 0 Å². The Morgan fingerprint density at radius 3 is 2.31 bits per heavy atom. The first-order valence-corrected chi connectivity index (χ1v) is 5.40. The third kappa shape index (κ3) is 3.15. The number of esters is 1. The molecule has 1 N–H and O–H groups in total. The Labute approximate surface area is 95.1 Å². The number of hydrogen-bond donors (Lipinski definition) is 1. The molecule has 0 fully saturated rings. The highest BCUT2D eigenvalue weighted by Crippen LogP contribution is 2.19. The summed E-state index contributed by atoms with van der Waals surface area (Å²) >= 11 is 0. The van der Waals surface area contributed by atoms with E-state index in [2.05, 4.69) is 5.11 Å². The monoisotopic (exact) mass is 220 g/mol. The average molecular weight is 220 g/mol. The van der Waals surface area contributed by atoms with Crippen LogP contribution >= 0.6 is 0 Å². The summed E-state index contributed by atoms with van der Waals surface area (Å²) in [6.07, 6.45) is 1.57. The molecule has 0 aliphatic heterocycles. The van der Waals surface area contributed by atoms with Gasteiger partial charge in [0.1, 0.15) is 5.75 Å². The lowest BCUT2D eigenvalue weighted by atomic mass is 10.0. The zero-order valence-electron chi connectivity index (χ0n) is 9.56. The molecule has 0 aromatic heterocycles. The Bertz CT molecular complexity index is 356. The lowest BCUT2D eigenvalue weighted by Gasteiger charge is -2.11. The van der Waals surface area contributed by atoms with E-state index in [1.165, 1.54) is 0 Å². The van der Waals surface area contributed by atoms with Crippen LogP contribution in [-0.4, -0.2) is 5.97 Å². The maximum absolute atomic E-state index is 11.6. The van der Waals surface area contributed by atoms with Gasteiger partial charge in [0.2, 0.25) is 0 Å². The Hall–Kier alpha value is -1.71. The molecule has 0 aliphatic carbocycles. The summed E-state index contributed by atoms with van der Waals surface area (Å²) in [6, 6.07) is 6.58. The van der Waals surface area contributed by atoms with Crippen molar-refractivity contribution in [2.24, 2.45) is 11.0 Å². The van der Waals surface area contributed by atoms with Crippen LogP contribution < -0.4 is 4.74 Å². The van der Waals surface area contributed by atoms with Crippen LogP contribution in [0.2, 0.25) is 0 Å². The molecule has 1 rings (SSSR count). The molecule has 0 saturated carbocycles. The van der Waals surface area contributed by atoms with Crippen molar-refractivity contribution in [3.63, 3.8) is 0 Å². The van der Waals surface area contributed by atoms with Gasteiger partial charge in [-0.05, 0) is 37.1 Å².